The smallest absolute Gasteiger partial charge is 0.119 e. The molecular formula is C17H29NO. The molecule has 0 unspecified atom stereocenters. The molecule has 19 heavy (non-hydrogen) atoms. The van der Waals surface area contributed by atoms with E-state index in [1.54, 1.807) is 0 Å². The van der Waals surface area contributed by atoms with E-state index in [9.17, 15) is 0 Å². The standard InChI is InChI=1S/C17H29NO/c1-5-13-19-16-11-8-10-15(14-16)9-6-7-12-18-17(2,3)4/h8,10-11,14,18H,5-7,9,12-13H2,1-4H3. The molecule has 0 saturated carbocycles. The van der Waals surface area contributed by atoms with Gasteiger partial charge in [-0.15, -0.1) is 0 Å². The number of benzene rings is 1. The van der Waals surface area contributed by atoms with E-state index in [1.807, 2.05) is 6.07 Å². The molecule has 2 nitrogen and oxygen atoms in total. The topological polar surface area (TPSA) is 21.3 Å². The number of hydrogen-bond acceptors (Lipinski definition) is 2. The predicted molar refractivity (Wildman–Crippen MR) is 82.9 cm³/mol. The van der Waals surface area contributed by atoms with E-state index in [1.165, 1.54) is 18.4 Å². The second kappa shape index (κ2) is 8.21. The highest BCUT2D eigenvalue weighted by Crippen LogP contribution is 2.15. The van der Waals surface area contributed by atoms with Gasteiger partial charge in [0.25, 0.3) is 0 Å². The van der Waals surface area contributed by atoms with Crippen molar-refractivity contribution in [2.24, 2.45) is 0 Å². The van der Waals surface area contributed by atoms with Crippen LogP contribution in [0.4, 0.5) is 0 Å². The molecule has 0 atom stereocenters. The van der Waals surface area contributed by atoms with Gasteiger partial charge in [-0.05, 0) is 70.7 Å². The number of nitrogens with one attached hydrogen (secondary N) is 1. The van der Waals surface area contributed by atoms with E-state index >= 15 is 0 Å². The highest BCUT2D eigenvalue weighted by atomic mass is 16.5. The third kappa shape index (κ3) is 7.89. The molecule has 1 N–H and O–H groups in total. The first-order valence-electron chi connectivity index (χ1n) is 7.48. The van der Waals surface area contributed by atoms with E-state index in [-0.39, 0.29) is 5.54 Å². The van der Waals surface area contributed by atoms with E-state index in [0.29, 0.717) is 0 Å². The Labute approximate surface area is 118 Å². The van der Waals surface area contributed by atoms with Crippen LogP contribution < -0.4 is 10.1 Å². The van der Waals surface area contributed by atoms with Crippen LogP contribution in [0, 0.1) is 0 Å². The molecule has 0 aromatic heterocycles. The van der Waals surface area contributed by atoms with Gasteiger partial charge in [0.15, 0.2) is 0 Å². The predicted octanol–water partition coefficient (Wildman–Crippen LogP) is 4.19. The van der Waals surface area contributed by atoms with Crippen LogP contribution in [0.5, 0.6) is 5.75 Å². The number of aryl methyl sites for hydroxylation is 1. The molecule has 108 valence electrons. The van der Waals surface area contributed by atoms with Crippen molar-refractivity contribution >= 4 is 0 Å². The van der Waals surface area contributed by atoms with E-state index in [4.69, 9.17) is 4.74 Å². The lowest BCUT2D eigenvalue weighted by Crippen LogP contribution is -2.36. The van der Waals surface area contributed by atoms with Crippen molar-refractivity contribution < 1.29 is 4.74 Å². The van der Waals surface area contributed by atoms with Gasteiger partial charge in [-0.2, -0.15) is 0 Å². The molecule has 0 saturated heterocycles. The minimum atomic E-state index is 0.230. The third-order valence-electron chi connectivity index (χ3n) is 2.92. The number of ether oxygens (including phenoxy) is 1. The summed E-state index contributed by atoms with van der Waals surface area (Å²) >= 11 is 0. The summed E-state index contributed by atoms with van der Waals surface area (Å²) in [5.41, 5.74) is 1.61. The molecule has 1 rings (SSSR count). The van der Waals surface area contributed by atoms with Crippen molar-refractivity contribution in [3.8, 4) is 5.75 Å². The van der Waals surface area contributed by atoms with Gasteiger partial charge >= 0.3 is 0 Å². The normalized spacial score (nSPS) is 11.6. The van der Waals surface area contributed by atoms with Crippen LogP contribution in [-0.2, 0) is 6.42 Å². The van der Waals surface area contributed by atoms with Crippen LogP contribution >= 0.6 is 0 Å². The molecule has 0 aliphatic carbocycles. The van der Waals surface area contributed by atoms with Crippen molar-refractivity contribution in [2.75, 3.05) is 13.2 Å². The fourth-order valence-electron chi connectivity index (χ4n) is 1.93. The summed E-state index contributed by atoms with van der Waals surface area (Å²) in [5, 5.41) is 3.52. The van der Waals surface area contributed by atoms with Crippen molar-refractivity contribution in [1.82, 2.24) is 5.32 Å². The summed E-state index contributed by atoms with van der Waals surface area (Å²) in [5.74, 6) is 1.01. The summed E-state index contributed by atoms with van der Waals surface area (Å²) < 4.78 is 5.66. The maximum atomic E-state index is 5.66. The van der Waals surface area contributed by atoms with E-state index in [0.717, 1.165) is 31.7 Å². The maximum absolute atomic E-state index is 5.66. The summed E-state index contributed by atoms with van der Waals surface area (Å²) in [7, 11) is 0. The highest BCUT2D eigenvalue weighted by Gasteiger charge is 2.07. The lowest BCUT2D eigenvalue weighted by molar-refractivity contribution is 0.317. The molecule has 0 aliphatic rings. The zero-order chi connectivity index (χ0) is 14.1. The van der Waals surface area contributed by atoms with Crippen molar-refractivity contribution in [3.05, 3.63) is 29.8 Å². The first kappa shape index (κ1) is 16.0. The lowest BCUT2D eigenvalue weighted by Gasteiger charge is -2.20. The van der Waals surface area contributed by atoms with Gasteiger partial charge in [-0.1, -0.05) is 19.1 Å². The monoisotopic (exact) mass is 263 g/mol. The molecule has 0 amide bonds. The van der Waals surface area contributed by atoms with E-state index < -0.39 is 0 Å². The van der Waals surface area contributed by atoms with Crippen LogP contribution in [0.25, 0.3) is 0 Å². The van der Waals surface area contributed by atoms with Gasteiger partial charge in [0, 0.05) is 5.54 Å². The Balaban J connectivity index is 2.25. The first-order chi connectivity index (χ1) is 9.01. The summed E-state index contributed by atoms with van der Waals surface area (Å²) in [6, 6.07) is 8.50. The third-order valence-corrected chi connectivity index (χ3v) is 2.92. The van der Waals surface area contributed by atoms with Crippen molar-refractivity contribution in [3.63, 3.8) is 0 Å². The van der Waals surface area contributed by atoms with Crippen LogP contribution in [0.1, 0.15) is 52.5 Å². The van der Waals surface area contributed by atoms with Gasteiger partial charge in [0.2, 0.25) is 0 Å². The molecule has 2 heteroatoms. The van der Waals surface area contributed by atoms with Crippen molar-refractivity contribution in [1.29, 1.82) is 0 Å². The van der Waals surface area contributed by atoms with Crippen LogP contribution in [-0.4, -0.2) is 18.7 Å². The van der Waals surface area contributed by atoms with E-state index in [2.05, 4.69) is 51.2 Å². The fourth-order valence-corrected chi connectivity index (χ4v) is 1.93. The average Bonchev–Trinajstić information content (AvgIpc) is 2.35. The van der Waals surface area contributed by atoms with Gasteiger partial charge in [0.1, 0.15) is 5.75 Å². The van der Waals surface area contributed by atoms with Gasteiger partial charge in [-0.3, -0.25) is 0 Å². The quantitative estimate of drug-likeness (QED) is 0.710. The summed E-state index contributed by atoms with van der Waals surface area (Å²) in [6.07, 6.45) is 4.63. The molecule has 0 spiro atoms. The van der Waals surface area contributed by atoms with Gasteiger partial charge in [0.05, 0.1) is 6.61 Å². The largest absolute Gasteiger partial charge is 0.494 e. The zero-order valence-corrected chi connectivity index (χ0v) is 13.0. The van der Waals surface area contributed by atoms with Crippen molar-refractivity contribution in [2.45, 2.75) is 58.9 Å². The van der Waals surface area contributed by atoms with Crippen LogP contribution in [0.3, 0.4) is 0 Å². The Morgan fingerprint density at radius 3 is 2.63 bits per heavy atom. The second-order valence-electron chi connectivity index (χ2n) is 6.13. The Morgan fingerprint density at radius 2 is 1.95 bits per heavy atom. The average molecular weight is 263 g/mol. The summed E-state index contributed by atoms with van der Waals surface area (Å²) in [4.78, 5) is 0. The van der Waals surface area contributed by atoms with Crippen LogP contribution in [0.15, 0.2) is 24.3 Å². The molecule has 0 bridgehead atoms. The zero-order valence-electron chi connectivity index (χ0n) is 13.0. The number of hydrogen-bond donors (Lipinski definition) is 1. The molecule has 0 aliphatic heterocycles. The van der Waals surface area contributed by atoms with Crippen LogP contribution in [0.2, 0.25) is 0 Å². The number of rotatable bonds is 8. The molecule has 1 aromatic carbocycles. The Bertz CT molecular complexity index is 355. The Kier molecular flexibility index (Phi) is 6.93. The van der Waals surface area contributed by atoms with Gasteiger partial charge in [-0.25, -0.2) is 0 Å². The summed E-state index contributed by atoms with van der Waals surface area (Å²) in [6.45, 7) is 10.7. The maximum Gasteiger partial charge on any atom is 0.119 e. The molecule has 0 fully saturated rings. The molecule has 1 aromatic rings. The first-order valence-corrected chi connectivity index (χ1v) is 7.48. The molecule has 0 radical (unpaired) electrons. The highest BCUT2D eigenvalue weighted by molar-refractivity contribution is 5.28. The Hall–Kier alpha value is -1.02. The van der Waals surface area contributed by atoms with Gasteiger partial charge < -0.3 is 10.1 Å². The minimum absolute atomic E-state index is 0.230. The fraction of sp³-hybridized carbons (Fsp3) is 0.647. The minimum Gasteiger partial charge on any atom is -0.494 e. The molecular weight excluding hydrogens is 234 g/mol. The molecule has 0 heterocycles. The Morgan fingerprint density at radius 1 is 1.16 bits per heavy atom. The SMILES string of the molecule is CCCOc1cccc(CCCCNC(C)(C)C)c1. The lowest BCUT2D eigenvalue weighted by atomic mass is 10.1. The second-order valence-corrected chi connectivity index (χ2v) is 6.13. The number of unbranched alkanes of at least 4 members (excludes halogenated alkanes) is 1.